The molecule has 3 aromatic rings. The fourth-order valence-electron chi connectivity index (χ4n) is 2.87. The molecule has 0 radical (unpaired) electrons. The Morgan fingerprint density at radius 1 is 1.00 bits per heavy atom. The Morgan fingerprint density at radius 3 is 2.31 bits per heavy atom. The number of hydrogen-bond acceptors (Lipinski definition) is 5. The number of nitrogens with one attached hydrogen (secondary N) is 1. The highest BCUT2D eigenvalue weighted by Crippen LogP contribution is 2.27. The lowest BCUT2D eigenvalue weighted by Gasteiger charge is -2.12. The molecular weight excluding hydrogens is 368 g/mol. The second kappa shape index (κ2) is 9.03. The molecule has 0 spiro atoms. The maximum absolute atomic E-state index is 5.90. The molecule has 1 saturated heterocycles. The molecule has 1 aromatic heterocycles. The van der Waals surface area contributed by atoms with Crippen molar-refractivity contribution in [1.82, 2.24) is 10.3 Å². The van der Waals surface area contributed by atoms with Crippen molar-refractivity contribution in [2.24, 2.45) is 0 Å². The van der Waals surface area contributed by atoms with Gasteiger partial charge in [0.25, 0.3) is 0 Å². The van der Waals surface area contributed by atoms with Gasteiger partial charge in [-0.25, -0.2) is 4.98 Å². The van der Waals surface area contributed by atoms with Gasteiger partial charge in [-0.3, -0.25) is 0 Å². The molecule has 1 aliphatic rings. The van der Waals surface area contributed by atoms with Crippen LogP contribution in [-0.4, -0.2) is 24.2 Å². The van der Waals surface area contributed by atoms with Gasteiger partial charge >= 0.3 is 0 Å². The van der Waals surface area contributed by atoms with E-state index in [-0.39, 0.29) is 12.4 Å². The number of ether oxygens (including phenoxy) is 2. The predicted octanol–water partition coefficient (Wildman–Crippen LogP) is 5.16. The third-order valence-electron chi connectivity index (χ3n) is 4.21. The first kappa shape index (κ1) is 18.7. The summed E-state index contributed by atoms with van der Waals surface area (Å²) in [6, 6.07) is 16.2. The van der Waals surface area contributed by atoms with Gasteiger partial charge in [-0.2, -0.15) is 0 Å². The molecule has 0 aliphatic carbocycles. The number of thiazole rings is 1. The lowest BCUT2D eigenvalue weighted by molar-refractivity contribution is 0.277. The SMILES string of the molecule is Cl.c1csc(-c2ccc(Oc3ccc(OC[C@H]4CCCN4)cc3)cc2)n1. The number of halogens is 1. The summed E-state index contributed by atoms with van der Waals surface area (Å²) in [7, 11) is 0. The molecule has 136 valence electrons. The summed E-state index contributed by atoms with van der Waals surface area (Å²) in [5.41, 5.74) is 1.10. The Hall–Kier alpha value is -2.08. The van der Waals surface area contributed by atoms with E-state index in [2.05, 4.69) is 10.3 Å². The number of nitrogens with zero attached hydrogens (tertiary/aromatic N) is 1. The zero-order valence-corrected chi connectivity index (χ0v) is 15.9. The van der Waals surface area contributed by atoms with Gasteiger partial charge in [0.15, 0.2) is 0 Å². The molecule has 1 fully saturated rings. The third kappa shape index (κ3) is 4.75. The highest BCUT2D eigenvalue weighted by molar-refractivity contribution is 7.13. The van der Waals surface area contributed by atoms with E-state index in [1.165, 1.54) is 12.8 Å². The zero-order valence-electron chi connectivity index (χ0n) is 14.3. The van der Waals surface area contributed by atoms with E-state index in [9.17, 15) is 0 Å². The van der Waals surface area contributed by atoms with Crippen LogP contribution in [0.2, 0.25) is 0 Å². The van der Waals surface area contributed by atoms with E-state index < -0.39 is 0 Å². The Balaban J connectivity index is 0.00000196. The molecule has 0 amide bonds. The van der Waals surface area contributed by atoms with E-state index >= 15 is 0 Å². The number of hydrogen-bond donors (Lipinski definition) is 1. The topological polar surface area (TPSA) is 43.4 Å². The maximum Gasteiger partial charge on any atom is 0.127 e. The molecule has 2 heterocycles. The van der Waals surface area contributed by atoms with Crippen molar-refractivity contribution in [3.8, 4) is 27.8 Å². The van der Waals surface area contributed by atoms with Gasteiger partial charge < -0.3 is 14.8 Å². The van der Waals surface area contributed by atoms with Gasteiger partial charge in [0.1, 0.15) is 28.9 Å². The van der Waals surface area contributed by atoms with Gasteiger partial charge in [0, 0.05) is 23.2 Å². The predicted molar refractivity (Wildman–Crippen MR) is 108 cm³/mol. The Bertz CT molecular complexity index is 786. The van der Waals surface area contributed by atoms with E-state index in [0.717, 1.165) is 41.0 Å². The van der Waals surface area contributed by atoms with Crippen molar-refractivity contribution in [2.75, 3.05) is 13.2 Å². The summed E-state index contributed by atoms with van der Waals surface area (Å²) in [5.74, 6) is 2.48. The number of aromatic nitrogens is 1. The van der Waals surface area contributed by atoms with Crippen molar-refractivity contribution in [1.29, 1.82) is 0 Å². The van der Waals surface area contributed by atoms with Crippen molar-refractivity contribution in [2.45, 2.75) is 18.9 Å². The highest BCUT2D eigenvalue weighted by atomic mass is 35.5. The molecular formula is C20H21ClN2O2S. The number of benzene rings is 2. The van der Waals surface area contributed by atoms with Crippen molar-refractivity contribution in [3.05, 3.63) is 60.1 Å². The van der Waals surface area contributed by atoms with Crippen LogP contribution in [0, 0.1) is 0 Å². The van der Waals surface area contributed by atoms with Crippen molar-refractivity contribution >= 4 is 23.7 Å². The van der Waals surface area contributed by atoms with Crippen LogP contribution in [0.15, 0.2) is 60.1 Å². The van der Waals surface area contributed by atoms with E-state index in [0.29, 0.717) is 6.04 Å². The first-order valence-electron chi connectivity index (χ1n) is 8.51. The van der Waals surface area contributed by atoms with Crippen LogP contribution in [0.5, 0.6) is 17.2 Å². The Kier molecular flexibility index (Phi) is 6.50. The van der Waals surface area contributed by atoms with E-state index in [1.54, 1.807) is 11.3 Å². The molecule has 2 aromatic carbocycles. The van der Waals surface area contributed by atoms with Gasteiger partial charge in [-0.05, 0) is 67.9 Å². The normalized spacial score (nSPS) is 16.1. The molecule has 0 bridgehead atoms. The summed E-state index contributed by atoms with van der Waals surface area (Å²) in [6.45, 7) is 1.82. The van der Waals surface area contributed by atoms with Crippen LogP contribution in [0.3, 0.4) is 0 Å². The summed E-state index contributed by atoms with van der Waals surface area (Å²) in [5, 5.41) is 6.43. The average molecular weight is 389 g/mol. The number of rotatable bonds is 6. The molecule has 6 heteroatoms. The first-order chi connectivity index (χ1) is 12.4. The van der Waals surface area contributed by atoms with Crippen LogP contribution in [-0.2, 0) is 0 Å². The largest absolute Gasteiger partial charge is 0.492 e. The molecule has 26 heavy (non-hydrogen) atoms. The van der Waals surface area contributed by atoms with Crippen molar-refractivity contribution < 1.29 is 9.47 Å². The zero-order chi connectivity index (χ0) is 16.9. The minimum atomic E-state index is 0. The monoisotopic (exact) mass is 388 g/mol. The molecule has 0 unspecified atom stereocenters. The van der Waals surface area contributed by atoms with Gasteiger partial charge in [-0.1, -0.05) is 0 Å². The maximum atomic E-state index is 5.90. The van der Waals surface area contributed by atoms with E-state index in [4.69, 9.17) is 9.47 Å². The first-order valence-corrected chi connectivity index (χ1v) is 9.39. The van der Waals surface area contributed by atoms with Gasteiger partial charge in [0.2, 0.25) is 0 Å². The molecule has 1 N–H and O–H groups in total. The second-order valence-electron chi connectivity index (χ2n) is 6.04. The minimum absolute atomic E-state index is 0. The molecule has 4 nitrogen and oxygen atoms in total. The third-order valence-corrected chi connectivity index (χ3v) is 5.03. The lowest BCUT2D eigenvalue weighted by atomic mass is 10.2. The van der Waals surface area contributed by atoms with Crippen LogP contribution in [0.1, 0.15) is 12.8 Å². The smallest absolute Gasteiger partial charge is 0.127 e. The van der Waals surface area contributed by atoms with Gasteiger partial charge in [-0.15, -0.1) is 23.7 Å². The van der Waals surface area contributed by atoms with Crippen LogP contribution >= 0.6 is 23.7 Å². The summed E-state index contributed by atoms with van der Waals surface area (Å²) in [4.78, 5) is 4.32. The van der Waals surface area contributed by atoms with Crippen LogP contribution < -0.4 is 14.8 Å². The highest BCUT2D eigenvalue weighted by Gasteiger charge is 2.14. The lowest BCUT2D eigenvalue weighted by Crippen LogP contribution is -2.28. The quantitative estimate of drug-likeness (QED) is 0.633. The Labute approximate surface area is 163 Å². The fraction of sp³-hybridized carbons (Fsp3) is 0.250. The standard InChI is InChI=1S/C20H20N2O2S.ClH/c1-2-16(21-11-1)14-23-17-7-9-19(10-8-17)24-18-5-3-15(4-6-18)20-22-12-13-25-20;/h3-10,12-13,16,21H,1-2,11,14H2;1H/t16-;/m1./s1. The summed E-state index contributed by atoms with van der Waals surface area (Å²) in [6.07, 6.45) is 4.25. The van der Waals surface area contributed by atoms with Crippen LogP contribution in [0.4, 0.5) is 0 Å². The summed E-state index contributed by atoms with van der Waals surface area (Å²) < 4.78 is 11.7. The average Bonchev–Trinajstić information content (AvgIpc) is 3.36. The molecule has 0 saturated carbocycles. The molecule has 1 atom stereocenters. The summed E-state index contributed by atoms with van der Waals surface area (Å²) >= 11 is 1.63. The second-order valence-corrected chi connectivity index (χ2v) is 6.93. The van der Waals surface area contributed by atoms with E-state index in [1.807, 2.05) is 60.1 Å². The van der Waals surface area contributed by atoms with Crippen LogP contribution in [0.25, 0.3) is 10.6 Å². The van der Waals surface area contributed by atoms with Crippen molar-refractivity contribution in [3.63, 3.8) is 0 Å². The molecule has 4 rings (SSSR count). The fourth-order valence-corrected chi connectivity index (χ4v) is 3.51. The van der Waals surface area contributed by atoms with Gasteiger partial charge in [0.05, 0.1) is 0 Å². The minimum Gasteiger partial charge on any atom is -0.492 e. The Morgan fingerprint density at radius 2 is 1.69 bits per heavy atom. The molecule has 1 aliphatic heterocycles.